The third-order valence-electron chi connectivity index (χ3n) is 2.45. The Balaban J connectivity index is 2.99. The molecule has 110 valence electrons. The second-order valence-electron chi connectivity index (χ2n) is 4.74. The normalized spacial score (nSPS) is 11.0. The monoisotopic (exact) mass is 289 g/mol. The van der Waals surface area contributed by atoms with Crippen molar-refractivity contribution in [3.8, 4) is 11.8 Å². The van der Waals surface area contributed by atoms with Crippen molar-refractivity contribution in [2.45, 2.75) is 13.8 Å². The average Bonchev–Trinajstić information content (AvgIpc) is 2.41. The van der Waals surface area contributed by atoms with Crippen molar-refractivity contribution < 1.29 is 24.5 Å². The molecule has 0 saturated carbocycles. The first-order valence-electron chi connectivity index (χ1n) is 6.20. The zero-order chi connectivity index (χ0) is 16.0. The van der Waals surface area contributed by atoms with Crippen molar-refractivity contribution in [3.05, 3.63) is 34.9 Å². The van der Waals surface area contributed by atoms with Gasteiger partial charge in [0.2, 0.25) is 0 Å². The highest BCUT2D eigenvalue weighted by Gasteiger charge is 2.13. The fourth-order valence-corrected chi connectivity index (χ4v) is 1.44. The van der Waals surface area contributed by atoms with Crippen LogP contribution in [0, 0.1) is 17.2 Å². The topological polar surface area (TPSA) is 108 Å². The van der Waals surface area contributed by atoms with Gasteiger partial charge in [-0.1, -0.05) is 19.9 Å². The predicted octanol–water partition coefficient (Wildman–Crippen LogP) is 2.20. The quantitative estimate of drug-likeness (QED) is 0.488. The summed E-state index contributed by atoms with van der Waals surface area (Å²) in [5.74, 6) is -2.32. The van der Waals surface area contributed by atoms with Crippen LogP contribution in [0.1, 0.15) is 29.8 Å². The third-order valence-corrected chi connectivity index (χ3v) is 2.45. The van der Waals surface area contributed by atoms with Crippen molar-refractivity contribution >= 4 is 18.0 Å². The minimum atomic E-state index is -1.26. The van der Waals surface area contributed by atoms with Gasteiger partial charge in [-0.3, -0.25) is 0 Å². The van der Waals surface area contributed by atoms with Crippen LogP contribution in [0.2, 0.25) is 0 Å². The van der Waals surface area contributed by atoms with Gasteiger partial charge in [0, 0.05) is 0 Å². The molecule has 21 heavy (non-hydrogen) atoms. The first-order chi connectivity index (χ1) is 9.85. The average molecular weight is 289 g/mol. The molecule has 0 spiro atoms. The molecule has 0 radical (unpaired) electrons. The van der Waals surface area contributed by atoms with Crippen molar-refractivity contribution in [2.75, 3.05) is 6.61 Å². The molecule has 2 N–H and O–H groups in total. The molecule has 0 aliphatic rings. The fraction of sp³-hybridized carbons (Fsp3) is 0.267. The summed E-state index contributed by atoms with van der Waals surface area (Å²) in [4.78, 5) is 22.4. The van der Waals surface area contributed by atoms with E-state index in [1.54, 1.807) is 6.07 Å². The highest BCUT2D eigenvalue weighted by molar-refractivity contribution is 5.98. The molecule has 1 aromatic carbocycles. The number of esters is 1. The molecule has 0 heterocycles. The molecule has 6 heteroatoms. The standard InChI is InChI=1S/C15H15NO5/c1-9(2)8-21-15(20)11(7-16)5-10-3-4-12(14(18)19)13(17)6-10/h3-6,9,17H,8H2,1-2H3,(H,18,19)/b11-5+. The van der Waals surface area contributed by atoms with Gasteiger partial charge in [0.15, 0.2) is 0 Å². The first-order valence-corrected chi connectivity index (χ1v) is 6.20. The number of rotatable bonds is 5. The summed E-state index contributed by atoms with van der Waals surface area (Å²) in [6.07, 6.45) is 1.23. The number of carbonyl (C=O) groups excluding carboxylic acids is 1. The molecule has 0 unspecified atom stereocenters. The van der Waals surface area contributed by atoms with Crippen LogP contribution in [-0.2, 0) is 9.53 Å². The minimum absolute atomic E-state index is 0.146. The number of aromatic carboxylic acids is 1. The number of carboxylic acid groups (broad SMARTS) is 1. The zero-order valence-electron chi connectivity index (χ0n) is 11.7. The number of nitriles is 1. The number of hydrogen-bond acceptors (Lipinski definition) is 5. The summed E-state index contributed by atoms with van der Waals surface area (Å²) in [7, 11) is 0. The van der Waals surface area contributed by atoms with Gasteiger partial charge >= 0.3 is 11.9 Å². The van der Waals surface area contributed by atoms with E-state index in [1.165, 1.54) is 18.2 Å². The molecule has 0 fully saturated rings. The Kier molecular flexibility index (Phi) is 5.49. The zero-order valence-corrected chi connectivity index (χ0v) is 11.7. The first kappa shape index (κ1) is 16.2. The molecule has 0 amide bonds. The summed E-state index contributed by atoms with van der Waals surface area (Å²) < 4.78 is 4.93. The predicted molar refractivity (Wildman–Crippen MR) is 74.5 cm³/mol. The van der Waals surface area contributed by atoms with Crippen LogP contribution >= 0.6 is 0 Å². The highest BCUT2D eigenvalue weighted by atomic mass is 16.5. The largest absolute Gasteiger partial charge is 0.507 e. The van der Waals surface area contributed by atoms with Crippen molar-refractivity contribution in [2.24, 2.45) is 5.92 Å². The van der Waals surface area contributed by atoms with Crippen LogP contribution in [-0.4, -0.2) is 28.8 Å². The molecule has 0 aliphatic carbocycles. The van der Waals surface area contributed by atoms with E-state index < -0.39 is 17.7 Å². The molecule has 0 aromatic heterocycles. The summed E-state index contributed by atoms with van der Waals surface area (Å²) in [5, 5.41) is 27.3. The molecular formula is C15H15NO5. The van der Waals surface area contributed by atoms with E-state index in [-0.39, 0.29) is 23.7 Å². The Morgan fingerprint density at radius 2 is 2.10 bits per heavy atom. The summed E-state index contributed by atoms with van der Waals surface area (Å²) in [6, 6.07) is 5.46. The van der Waals surface area contributed by atoms with Crippen molar-refractivity contribution in [3.63, 3.8) is 0 Å². The number of nitrogens with zero attached hydrogens (tertiary/aromatic N) is 1. The van der Waals surface area contributed by atoms with Crippen LogP contribution < -0.4 is 0 Å². The van der Waals surface area contributed by atoms with Gasteiger partial charge < -0.3 is 14.9 Å². The lowest BCUT2D eigenvalue weighted by Gasteiger charge is -2.06. The highest BCUT2D eigenvalue weighted by Crippen LogP contribution is 2.20. The van der Waals surface area contributed by atoms with Gasteiger partial charge in [0.25, 0.3) is 0 Å². The van der Waals surface area contributed by atoms with E-state index >= 15 is 0 Å². The van der Waals surface area contributed by atoms with Gasteiger partial charge in [-0.05, 0) is 29.7 Å². The molecule has 0 bridgehead atoms. The van der Waals surface area contributed by atoms with Gasteiger partial charge in [0.05, 0.1) is 6.61 Å². The minimum Gasteiger partial charge on any atom is -0.507 e. The molecule has 1 aromatic rings. The second kappa shape index (κ2) is 7.10. The lowest BCUT2D eigenvalue weighted by molar-refractivity contribution is -0.139. The van der Waals surface area contributed by atoms with E-state index in [4.69, 9.17) is 15.1 Å². The maximum atomic E-state index is 11.7. The van der Waals surface area contributed by atoms with Gasteiger partial charge in [0.1, 0.15) is 23.0 Å². The second-order valence-corrected chi connectivity index (χ2v) is 4.74. The van der Waals surface area contributed by atoms with Crippen molar-refractivity contribution in [1.82, 2.24) is 0 Å². The number of hydrogen-bond donors (Lipinski definition) is 2. The number of aromatic hydroxyl groups is 1. The van der Waals surface area contributed by atoms with Crippen LogP contribution in [0.25, 0.3) is 6.08 Å². The van der Waals surface area contributed by atoms with E-state index in [1.807, 2.05) is 13.8 Å². The molecule has 0 atom stereocenters. The number of ether oxygens (including phenoxy) is 1. The Labute approximate surface area is 121 Å². The number of carbonyl (C=O) groups is 2. The molecular weight excluding hydrogens is 274 g/mol. The summed E-state index contributed by atoms with van der Waals surface area (Å²) in [6.45, 7) is 3.93. The maximum absolute atomic E-state index is 11.7. The number of phenols is 1. The Morgan fingerprint density at radius 3 is 2.57 bits per heavy atom. The van der Waals surface area contributed by atoms with E-state index in [2.05, 4.69) is 0 Å². The maximum Gasteiger partial charge on any atom is 0.348 e. The fourth-order valence-electron chi connectivity index (χ4n) is 1.44. The van der Waals surface area contributed by atoms with E-state index in [0.717, 1.165) is 6.07 Å². The van der Waals surface area contributed by atoms with E-state index in [0.29, 0.717) is 5.56 Å². The van der Waals surface area contributed by atoms with Crippen LogP contribution in [0.15, 0.2) is 23.8 Å². The smallest absolute Gasteiger partial charge is 0.348 e. The lowest BCUT2D eigenvalue weighted by Crippen LogP contribution is -2.11. The van der Waals surface area contributed by atoms with Crippen LogP contribution in [0.4, 0.5) is 0 Å². The van der Waals surface area contributed by atoms with E-state index in [9.17, 15) is 14.7 Å². The SMILES string of the molecule is CC(C)COC(=O)/C(C#N)=C/c1ccc(C(=O)O)c(O)c1. The molecule has 0 aliphatic heterocycles. The van der Waals surface area contributed by atoms with Crippen LogP contribution in [0.5, 0.6) is 5.75 Å². The van der Waals surface area contributed by atoms with Gasteiger partial charge in [-0.2, -0.15) is 5.26 Å². The molecule has 1 rings (SSSR count). The number of carboxylic acids is 1. The molecule has 6 nitrogen and oxygen atoms in total. The number of benzene rings is 1. The Hall–Kier alpha value is -2.81. The van der Waals surface area contributed by atoms with Gasteiger partial charge in [-0.15, -0.1) is 0 Å². The Morgan fingerprint density at radius 1 is 1.43 bits per heavy atom. The van der Waals surface area contributed by atoms with Crippen molar-refractivity contribution in [1.29, 1.82) is 5.26 Å². The van der Waals surface area contributed by atoms with Gasteiger partial charge in [-0.25, -0.2) is 9.59 Å². The summed E-state index contributed by atoms with van der Waals surface area (Å²) in [5.41, 5.74) is -0.151. The Bertz CT molecular complexity index is 625. The summed E-state index contributed by atoms with van der Waals surface area (Å²) >= 11 is 0. The van der Waals surface area contributed by atoms with Crippen LogP contribution in [0.3, 0.4) is 0 Å². The lowest BCUT2D eigenvalue weighted by atomic mass is 10.1. The molecule has 0 saturated heterocycles. The third kappa shape index (κ3) is 4.66.